The lowest BCUT2D eigenvalue weighted by molar-refractivity contribution is 0.0996. The van der Waals surface area contributed by atoms with Crippen molar-refractivity contribution in [2.75, 3.05) is 32.6 Å². The van der Waals surface area contributed by atoms with E-state index in [4.69, 9.17) is 9.15 Å². The second-order valence-electron chi connectivity index (χ2n) is 5.72. The average Bonchev–Trinajstić information content (AvgIpc) is 3.21. The molecule has 7 heteroatoms. The van der Waals surface area contributed by atoms with Crippen LogP contribution in [0.4, 0.5) is 5.82 Å². The Balaban J connectivity index is 1.66. The summed E-state index contributed by atoms with van der Waals surface area (Å²) in [5.74, 6) is 1.14. The minimum atomic E-state index is -0.336. The molecule has 2 aromatic heterocycles. The van der Waals surface area contributed by atoms with Crippen LogP contribution in [0.2, 0.25) is 0 Å². The van der Waals surface area contributed by atoms with Crippen molar-refractivity contribution in [3.63, 3.8) is 0 Å². The summed E-state index contributed by atoms with van der Waals surface area (Å²) in [7, 11) is 4.07. The normalized spacial score (nSPS) is 11.1. The Hall–Kier alpha value is -2.80. The van der Waals surface area contributed by atoms with Gasteiger partial charge in [0.2, 0.25) is 0 Å². The fourth-order valence-electron chi connectivity index (χ4n) is 2.33. The van der Waals surface area contributed by atoms with Crippen LogP contribution in [-0.2, 0) is 0 Å². The van der Waals surface area contributed by atoms with E-state index in [1.165, 1.54) is 6.26 Å². The summed E-state index contributed by atoms with van der Waals surface area (Å²) < 4.78 is 10.8. The summed E-state index contributed by atoms with van der Waals surface area (Å²) >= 11 is 0. The Bertz CT molecular complexity index is 808. The average molecular weight is 328 g/mol. The van der Waals surface area contributed by atoms with Crippen molar-refractivity contribution in [3.8, 4) is 5.75 Å². The predicted octanol–water partition coefficient (Wildman–Crippen LogP) is 2.74. The summed E-state index contributed by atoms with van der Waals surface area (Å²) in [4.78, 5) is 14.1. The number of benzene rings is 1. The maximum atomic E-state index is 12.0. The van der Waals surface area contributed by atoms with Crippen LogP contribution < -0.4 is 10.1 Å². The van der Waals surface area contributed by atoms with E-state index >= 15 is 0 Å². The molecule has 0 saturated heterocycles. The number of carbonyl (C=O) groups is 1. The first-order chi connectivity index (χ1) is 11.6. The number of rotatable bonds is 7. The molecule has 0 saturated carbocycles. The molecular weight excluding hydrogens is 308 g/mol. The molecule has 0 aliphatic rings. The fraction of sp³-hybridized carbons (Fsp3) is 0.294. The van der Waals surface area contributed by atoms with E-state index < -0.39 is 0 Å². The molecule has 1 amide bonds. The van der Waals surface area contributed by atoms with Crippen LogP contribution in [0.25, 0.3) is 10.9 Å². The molecule has 0 aliphatic carbocycles. The first kappa shape index (κ1) is 16.1. The second kappa shape index (κ2) is 7.18. The zero-order valence-corrected chi connectivity index (χ0v) is 13.7. The van der Waals surface area contributed by atoms with E-state index in [1.807, 2.05) is 32.3 Å². The number of hydrogen-bond donors (Lipinski definition) is 2. The van der Waals surface area contributed by atoms with Gasteiger partial charge in [0.1, 0.15) is 5.75 Å². The van der Waals surface area contributed by atoms with E-state index in [-0.39, 0.29) is 11.7 Å². The number of nitrogens with zero attached hydrogens (tertiary/aromatic N) is 2. The molecule has 0 radical (unpaired) electrons. The van der Waals surface area contributed by atoms with E-state index in [2.05, 4.69) is 20.4 Å². The second-order valence-corrected chi connectivity index (χ2v) is 5.72. The van der Waals surface area contributed by atoms with Gasteiger partial charge in [0.15, 0.2) is 11.6 Å². The predicted molar refractivity (Wildman–Crippen MR) is 91.4 cm³/mol. The maximum absolute atomic E-state index is 12.0. The van der Waals surface area contributed by atoms with E-state index in [9.17, 15) is 4.79 Å². The topological polar surface area (TPSA) is 83.4 Å². The van der Waals surface area contributed by atoms with Gasteiger partial charge < -0.3 is 19.4 Å². The molecule has 0 aliphatic heterocycles. The third-order valence-corrected chi connectivity index (χ3v) is 3.53. The number of aromatic nitrogens is 2. The molecule has 1 aromatic carbocycles. The first-order valence-corrected chi connectivity index (χ1v) is 7.74. The van der Waals surface area contributed by atoms with E-state index in [0.29, 0.717) is 12.4 Å². The molecular formula is C17H20N4O3. The van der Waals surface area contributed by atoms with Crippen LogP contribution in [0, 0.1) is 0 Å². The lowest BCUT2D eigenvalue weighted by atomic mass is 10.2. The highest BCUT2D eigenvalue weighted by Gasteiger charge is 2.13. The molecule has 0 atom stereocenters. The summed E-state index contributed by atoms with van der Waals surface area (Å²) in [6.07, 6.45) is 2.41. The molecule has 3 aromatic rings. The third-order valence-electron chi connectivity index (χ3n) is 3.53. The highest BCUT2D eigenvalue weighted by atomic mass is 16.5. The van der Waals surface area contributed by atoms with Crippen molar-refractivity contribution in [2.24, 2.45) is 0 Å². The number of anilines is 1. The van der Waals surface area contributed by atoms with Crippen molar-refractivity contribution in [2.45, 2.75) is 6.42 Å². The third kappa shape index (κ3) is 3.75. The zero-order chi connectivity index (χ0) is 16.9. The smallest absolute Gasteiger partial charge is 0.292 e. The monoisotopic (exact) mass is 328 g/mol. The Labute approximate surface area is 139 Å². The number of amides is 1. The number of hydrogen-bond acceptors (Lipinski definition) is 5. The SMILES string of the molecule is CN(C)CCCOc1ccc2c(NC(=O)c3ccco3)n[nH]c2c1. The Morgan fingerprint density at radius 2 is 2.25 bits per heavy atom. The number of ether oxygens (including phenoxy) is 1. The molecule has 2 heterocycles. The van der Waals surface area contributed by atoms with Gasteiger partial charge in [-0.1, -0.05) is 0 Å². The molecule has 3 rings (SSSR count). The van der Waals surface area contributed by atoms with Gasteiger partial charge in [-0.2, -0.15) is 5.10 Å². The molecule has 7 nitrogen and oxygen atoms in total. The van der Waals surface area contributed by atoms with Crippen LogP contribution in [0.1, 0.15) is 17.0 Å². The van der Waals surface area contributed by atoms with Crippen LogP contribution in [0.5, 0.6) is 5.75 Å². The molecule has 0 bridgehead atoms. The van der Waals surface area contributed by atoms with Gasteiger partial charge in [-0.25, -0.2) is 0 Å². The lowest BCUT2D eigenvalue weighted by Crippen LogP contribution is -2.15. The number of aromatic amines is 1. The molecule has 0 fully saturated rings. The van der Waals surface area contributed by atoms with Gasteiger partial charge in [-0.3, -0.25) is 9.89 Å². The highest BCUT2D eigenvalue weighted by Crippen LogP contribution is 2.25. The summed E-state index contributed by atoms with van der Waals surface area (Å²) in [6, 6.07) is 8.88. The Morgan fingerprint density at radius 1 is 1.38 bits per heavy atom. The standard InChI is InChI=1S/C17H20N4O3/c1-21(2)8-4-10-23-12-6-7-13-14(11-12)19-20-16(13)18-17(22)15-5-3-9-24-15/h3,5-7,9,11H,4,8,10H2,1-2H3,(H2,18,19,20,22). The van der Waals surface area contributed by atoms with Crippen LogP contribution >= 0.6 is 0 Å². The van der Waals surface area contributed by atoms with Crippen molar-refractivity contribution >= 4 is 22.6 Å². The zero-order valence-electron chi connectivity index (χ0n) is 13.7. The fourth-order valence-corrected chi connectivity index (χ4v) is 2.33. The van der Waals surface area contributed by atoms with Gasteiger partial charge in [0.25, 0.3) is 5.91 Å². The van der Waals surface area contributed by atoms with Gasteiger partial charge >= 0.3 is 0 Å². The van der Waals surface area contributed by atoms with Crippen molar-refractivity contribution in [3.05, 3.63) is 42.4 Å². The van der Waals surface area contributed by atoms with Gasteiger partial charge in [0, 0.05) is 18.0 Å². The number of fused-ring (bicyclic) bond motifs is 1. The molecule has 0 spiro atoms. The van der Waals surface area contributed by atoms with E-state index in [0.717, 1.165) is 29.6 Å². The molecule has 2 N–H and O–H groups in total. The lowest BCUT2D eigenvalue weighted by Gasteiger charge is -2.10. The molecule has 24 heavy (non-hydrogen) atoms. The largest absolute Gasteiger partial charge is 0.493 e. The van der Waals surface area contributed by atoms with Crippen LogP contribution in [0.3, 0.4) is 0 Å². The minimum absolute atomic E-state index is 0.243. The summed E-state index contributed by atoms with van der Waals surface area (Å²) in [5.41, 5.74) is 0.801. The number of H-pyrrole nitrogens is 1. The number of carbonyl (C=O) groups excluding carboxylic acids is 1. The van der Waals surface area contributed by atoms with Crippen LogP contribution in [0.15, 0.2) is 41.0 Å². The van der Waals surface area contributed by atoms with Crippen molar-refractivity contribution < 1.29 is 13.9 Å². The van der Waals surface area contributed by atoms with Crippen molar-refractivity contribution in [1.82, 2.24) is 15.1 Å². The van der Waals surface area contributed by atoms with E-state index in [1.54, 1.807) is 12.1 Å². The Morgan fingerprint density at radius 3 is 3.00 bits per heavy atom. The number of nitrogens with one attached hydrogen (secondary N) is 2. The van der Waals surface area contributed by atoms with Crippen LogP contribution in [-0.4, -0.2) is 48.3 Å². The maximum Gasteiger partial charge on any atom is 0.292 e. The van der Waals surface area contributed by atoms with Gasteiger partial charge in [-0.05, 0) is 44.8 Å². The Kier molecular flexibility index (Phi) is 4.81. The number of furan rings is 1. The minimum Gasteiger partial charge on any atom is -0.493 e. The summed E-state index contributed by atoms with van der Waals surface area (Å²) in [5, 5.41) is 10.6. The molecule has 0 unspecified atom stereocenters. The molecule has 126 valence electrons. The van der Waals surface area contributed by atoms with Crippen molar-refractivity contribution in [1.29, 1.82) is 0 Å². The quantitative estimate of drug-likeness (QED) is 0.652. The highest BCUT2D eigenvalue weighted by molar-refractivity contribution is 6.06. The van der Waals surface area contributed by atoms with Gasteiger partial charge in [0.05, 0.1) is 18.4 Å². The summed E-state index contributed by atoms with van der Waals surface area (Å²) in [6.45, 7) is 1.63. The first-order valence-electron chi connectivity index (χ1n) is 7.74. The van der Waals surface area contributed by atoms with Gasteiger partial charge in [-0.15, -0.1) is 0 Å².